The predicted molar refractivity (Wildman–Crippen MR) is 72.2 cm³/mol. The Labute approximate surface area is 114 Å². The van der Waals surface area contributed by atoms with Crippen LogP contribution in [-0.2, 0) is 16.6 Å². The number of nitrogens with one attached hydrogen (secondary N) is 1. The Morgan fingerprint density at radius 1 is 1.47 bits per heavy atom. The molecular weight excluding hydrogens is 266 g/mol. The van der Waals surface area contributed by atoms with Crippen LogP contribution in [-0.4, -0.2) is 39.5 Å². The highest BCUT2D eigenvalue weighted by molar-refractivity contribution is 7.89. The Bertz CT molecular complexity index is 530. The molecule has 0 atom stereocenters. The van der Waals surface area contributed by atoms with Crippen LogP contribution >= 0.6 is 0 Å². The van der Waals surface area contributed by atoms with E-state index in [4.69, 9.17) is 10.2 Å². The van der Waals surface area contributed by atoms with Crippen LogP contribution in [0.5, 0.6) is 0 Å². The number of hydrogen-bond acceptors (Lipinski definition) is 5. The molecule has 7 heteroatoms. The van der Waals surface area contributed by atoms with Crippen molar-refractivity contribution in [2.45, 2.75) is 37.2 Å². The van der Waals surface area contributed by atoms with Crippen LogP contribution in [0.1, 0.15) is 24.4 Å². The molecule has 1 saturated heterocycles. The van der Waals surface area contributed by atoms with Gasteiger partial charge in [-0.1, -0.05) is 0 Å². The van der Waals surface area contributed by atoms with E-state index in [0.717, 1.165) is 25.9 Å². The van der Waals surface area contributed by atoms with Crippen molar-refractivity contribution in [1.29, 1.82) is 0 Å². The smallest absolute Gasteiger partial charge is 0.244 e. The molecule has 0 amide bonds. The summed E-state index contributed by atoms with van der Waals surface area (Å²) in [5, 5.41) is 0. The van der Waals surface area contributed by atoms with Crippen LogP contribution in [0.25, 0.3) is 0 Å². The summed E-state index contributed by atoms with van der Waals surface area (Å²) in [4.78, 5) is 2.40. The molecule has 0 saturated carbocycles. The van der Waals surface area contributed by atoms with E-state index in [0.29, 0.717) is 11.5 Å². The first-order chi connectivity index (χ1) is 8.92. The van der Waals surface area contributed by atoms with Crippen molar-refractivity contribution in [1.82, 2.24) is 9.62 Å². The van der Waals surface area contributed by atoms with Crippen molar-refractivity contribution in [3.8, 4) is 0 Å². The summed E-state index contributed by atoms with van der Waals surface area (Å²) in [7, 11) is -1.47. The van der Waals surface area contributed by atoms with Crippen molar-refractivity contribution in [2.75, 3.05) is 20.1 Å². The average Bonchev–Trinajstić information content (AvgIpc) is 2.74. The molecule has 0 aromatic carbocycles. The molecule has 1 aromatic rings. The van der Waals surface area contributed by atoms with Gasteiger partial charge in [-0.25, -0.2) is 13.1 Å². The predicted octanol–water partition coefficient (Wildman–Crippen LogP) is 0.419. The second-order valence-electron chi connectivity index (χ2n) is 5.04. The van der Waals surface area contributed by atoms with Gasteiger partial charge in [-0.15, -0.1) is 0 Å². The van der Waals surface area contributed by atoms with Crippen molar-refractivity contribution in [3.05, 3.63) is 17.6 Å². The molecule has 108 valence electrons. The topological polar surface area (TPSA) is 88.6 Å². The normalized spacial score (nSPS) is 18.9. The van der Waals surface area contributed by atoms with Gasteiger partial charge in [0.05, 0.1) is 6.54 Å². The minimum absolute atomic E-state index is 0.00294. The van der Waals surface area contributed by atoms with Gasteiger partial charge in [0, 0.05) is 12.1 Å². The molecule has 2 heterocycles. The fourth-order valence-corrected chi connectivity index (χ4v) is 3.81. The lowest BCUT2D eigenvalue weighted by Crippen LogP contribution is -2.43. The summed E-state index contributed by atoms with van der Waals surface area (Å²) in [6.45, 7) is 3.66. The molecule has 2 rings (SSSR count). The summed E-state index contributed by atoms with van der Waals surface area (Å²) < 4.78 is 32.7. The van der Waals surface area contributed by atoms with Crippen LogP contribution < -0.4 is 10.5 Å². The fraction of sp³-hybridized carbons (Fsp3) is 0.667. The van der Waals surface area contributed by atoms with E-state index in [1.165, 1.54) is 6.07 Å². The molecular formula is C12H21N3O3S. The van der Waals surface area contributed by atoms with Crippen LogP contribution in [0.15, 0.2) is 15.4 Å². The lowest BCUT2D eigenvalue weighted by atomic mass is 10.1. The zero-order chi connectivity index (χ0) is 14.0. The van der Waals surface area contributed by atoms with Gasteiger partial charge in [-0.2, -0.15) is 0 Å². The molecule has 0 unspecified atom stereocenters. The summed E-state index contributed by atoms with van der Waals surface area (Å²) >= 11 is 0. The van der Waals surface area contributed by atoms with Crippen molar-refractivity contribution in [3.63, 3.8) is 0 Å². The SMILES string of the molecule is Cc1oc(CN)cc1S(=O)(=O)NC1CCN(C)CC1. The molecule has 0 bridgehead atoms. The van der Waals surface area contributed by atoms with Crippen molar-refractivity contribution < 1.29 is 12.8 Å². The molecule has 19 heavy (non-hydrogen) atoms. The molecule has 0 aliphatic carbocycles. The van der Waals surface area contributed by atoms with Crippen molar-refractivity contribution >= 4 is 10.0 Å². The number of nitrogens with zero attached hydrogens (tertiary/aromatic N) is 1. The van der Waals surface area contributed by atoms with Gasteiger partial charge in [0.15, 0.2) is 0 Å². The van der Waals surface area contributed by atoms with Gasteiger partial charge >= 0.3 is 0 Å². The second kappa shape index (κ2) is 5.62. The molecule has 0 spiro atoms. The maximum atomic E-state index is 12.3. The Balaban J connectivity index is 2.11. The van der Waals surface area contributed by atoms with E-state index < -0.39 is 10.0 Å². The molecule has 0 radical (unpaired) electrons. The third kappa shape index (κ3) is 3.36. The lowest BCUT2D eigenvalue weighted by molar-refractivity contribution is 0.248. The van der Waals surface area contributed by atoms with E-state index in [1.54, 1.807) is 6.92 Å². The number of sulfonamides is 1. The van der Waals surface area contributed by atoms with Crippen LogP contribution in [0, 0.1) is 6.92 Å². The van der Waals surface area contributed by atoms with E-state index in [2.05, 4.69) is 9.62 Å². The number of rotatable bonds is 4. The number of nitrogens with two attached hydrogens (primary N) is 1. The van der Waals surface area contributed by atoms with Gasteiger partial charge in [0.1, 0.15) is 16.4 Å². The van der Waals surface area contributed by atoms with Gasteiger partial charge in [-0.05, 0) is 39.9 Å². The molecule has 6 nitrogen and oxygen atoms in total. The molecule has 1 fully saturated rings. The quantitative estimate of drug-likeness (QED) is 0.838. The standard InChI is InChI=1S/C12H21N3O3S/c1-9-12(7-11(8-13)18-9)19(16,17)14-10-3-5-15(2)6-4-10/h7,10,14H,3-6,8,13H2,1-2H3. The van der Waals surface area contributed by atoms with Crippen LogP contribution in [0.4, 0.5) is 0 Å². The molecule has 1 aromatic heterocycles. The summed E-state index contributed by atoms with van der Waals surface area (Å²) in [6.07, 6.45) is 1.66. The van der Waals surface area contributed by atoms with Gasteiger partial charge in [-0.3, -0.25) is 0 Å². The number of likely N-dealkylation sites (tertiary alicyclic amines) is 1. The fourth-order valence-electron chi connectivity index (χ4n) is 2.30. The molecule has 1 aliphatic heterocycles. The molecule has 1 aliphatic rings. The Morgan fingerprint density at radius 3 is 2.63 bits per heavy atom. The second-order valence-corrected chi connectivity index (χ2v) is 6.72. The minimum atomic E-state index is -3.52. The Kier molecular flexibility index (Phi) is 4.29. The van der Waals surface area contributed by atoms with Gasteiger partial charge < -0.3 is 15.1 Å². The van der Waals surface area contributed by atoms with Crippen LogP contribution in [0.2, 0.25) is 0 Å². The first-order valence-electron chi connectivity index (χ1n) is 6.42. The van der Waals surface area contributed by atoms with Crippen LogP contribution in [0.3, 0.4) is 0 Å². The third-order valence-electron chi connectivity index (χ3n) is 3.45. The van der Waals surface area contributed by atoms with Gasteiger partial charge in [0.25, 0.3) is 0 Å². The number of piperidine rings is 1. The number of furan rings is 1. The van der Waals surface area contributed by atoms with E-state index in [9.17, 15) is 8.42 Å². The minimum Gasteiger partial charge on any atom is -0.464 e. The van der Waals surface area contributed by atoms with Gasteiger partial charge in [0.2, 0.25) is 10.0 Å². The Morgan fingerprint density at radius 2 is 2.11 bits per heavy atom. The first kappa shape index (κ1) is 14.5. The van der Waals surface area contributed by atoms with E-state index >= 15 is 0 Å². The van der Waals surface area contributed by atoms with E-state index in [-0.39, 0.29) is 17.5 Å². The maximum Gasteiger partial charge on any atom is 0.244 e. The number of aryl methyl sites for hydroxylation is 1. The zero-order valence-electron chi connectivity index (χ0n) is 11.3. The summed E-state index contributed by atoms with van der Waals surface area (Å²) in [5.74, 6) is 0.877. The summed E-state index contributed by atoms with van der Waals surface area (Å²) in [6, 6.07) is 1.50. The largest absolute Gasteiger partial charge is 0.464 e. The number of hydrogen-bond donors (Lipinski definition) is 2. The average molecular weight is 287 g/mol. The monoisotopic (exact) mass is 287 g/mol. The maximum absolute atomic E-state index is 12.3. The highest BCUT2D eigenvalue weighted by Crippen LogP contribution is 2.21. The Hall–Kier alpha value is -0.890. The summed E-state index contributed by atoms with van der Waals surface area (Å²) in [5.41, 5.74) is 5.46. The van der Waals surface area contributed by atoms with Crippen molar-refractivity contribution in [2.24, 2.45) is 5.73 Å². The highest BCUT2D eigenvalue weighted by Gasteiger charge is 2.26. The zero-order valence-corrected chi connectivity index (χ0v) is 12.2. The third-order valence-corrected chi connectivity index (χ3v) is 5.08. The first-order valence-corrected chi connectivity index (χ1v) is 7.91. The lowest BCUT2D eigenvalue weighted by Gasteiger charge is -2.29. The molecule has 3 N–H and O–H groups in total. The highest BCUT2D eigenvalue weighted by atomic mass is 32.2. The van der Waals surface area contributed by atoms with E-state index in [1.807, 2.05) is 7.05 Å².